The first-order valence-corrected chi connectivity index (χ1v) is 14.5. The van der Waals surface area contributed by atoms with Crippen LogP contribution >= 0.6 is 0 Å². The number of alkyl halides is 3. The molecule has 7 nitrogen and oxygen atoms in total. The van der Waals surface area contributed by atoms with Crippen LogP contribution in [0.2, 0.25) is 0 Å². The number of hydrogen-bond donors (Lipinski definition) is 2. The molecule has 5 rings (SSSR count). The van der Waals surface area contributed by atoms with Gasteiger partial charge in [0, 0.05) is 74.2 Å². The van der Waals surface area contributed by atoms with Crippen molar-refractivity contribution < 1.29 is 18.3 Å². The summed E-state index contributed by atoms with van der Waals surface area (Å²) in [6.45, 7) is 10.7. The van der Waals surface area contributed by atoms with Crippen LogP contribution in [0.1, 0.15) is 64.5 Å². The molecule has 0 amide bonds. The molecular formula is C30H41F3N6O. The summed E-state index contributed by atoms with van der Waals surface area (Å²) in [6, 6.07) is 9.92. The number of halogens is 3. The lowest BCUT2D eigenvalue weighted by molar-refractivity contribution is -0.131. The molecule has 3 aromatic rings. The van der Waals surface area contributed by atoms with Crippen molar-refractivity contribution in [2.24, 2.45) is 0 Å². The highest BCUT2D eigenvalue weighted by molar-refractivity contribution is 5.94. The number of aliphatic hydroxyl groups excluding tert-OH is 1. The van der Waals surface area contributed by atoms with E-state index < -0.39 is 12.6 Å². The van der Waals surface area contributed by atoms with E-state index in [1.807, 2.05) is 0 Å². The van der Waals surface area contributed by atoms with Gasteiger partial charge in [-0.1, -0.05) is 24.3 Å². The van der Waals surface area contributed by atoms with Crippen molar-refractivity contribution in [1.29, 1.82) is 0 Å². The van der Waals surface area contributed by atoms with Crippen LogP contribution in [0.25, 0.3) is 22.2 Å². The molecule has 3 heterocycles. The summed E-state index contributed by atoms with van der Waals surface area (Å²) in [4.78, 5) is 14.1. The highest BCUT2D eigenvalue weighted by atomic mass is 19.4. The third kappa shape index (κ3) is 6.78. The molecule has 2 N–H and O–H groups in total. The molecule has 0 spiro atoms. The minimum Gasteiger partial charge on any atom is -0.393 e. The smallest absolute Gasteiger partial charge is 0.390 e. The van der Waals surface area contributed by atoms with Gasteiger partial charge in [0.2, 0.25) is 5.95 Å². The van der Waals surface area contributed by atoms with Crippen molar-refractivity contribution >= 4 is 17.0 Å². The second kappa shape index (κ2) is 12.0. The molecule has 218 valence electrons. The van der Waals surface area contributed by atoms with E-state index in [0.717, 1.165) is 68.4 Å². The molecule has 0 radical (unpaired) electrons. The van der Waals surface area contributed by atoms with Gasteiger partial charge in [-0.25, -0.2) is 4.98 Å². The maximum absolute atomic E-state index is 12.7. The Kier molecular flexibility index (Phi) is 8.68. The molecule has 1 saturated heterocycles. The third-order valence-corrected chi connectivity index (χ3v) is 8.42. The quantitative estimate of drug-likeness (QED) is 0.361. The van der Waals surface area contributed by atoms with Gasteiger partial charge in [-0.3, -0.25) is 9.80 Å². The number of hydrogen-bond acceptors (Lipinski definition) is 6. The van der Waals surface area contributed by atoms with E-state index in [1.54, 1.807) is 6.20 Å². The molecule has 2 fully saturated rings. The molecular weight excluding hydrogens is 517 g/mol. The predicted octanol–water partition coefficient (Wildman–Crippen LogP) is 5.85. The van der Waals surface area contributed by atoms with Gasteiger partial charge in [-0.2, -0.15) is 18.2 Å². The van der Waals surface area contributed by atoms with Gasteiger partial charge < -0.3 is 15.0 Å². The van der Waals surface area contributed by atoms with E-state index in [9.17, 15) is 18.3 Å². The van der Waals surface area contributed by atoms with Crippen LogP contribution in [0.15, 0.2) is 36.7 Å². The Hall–Kier alpha value is -2.69. The first-order valence-electron chi connectivity index (χ1n) is 14.5. The molecule has 10 heteroatoms. The number of rotatable bonds is 8. The number of fused-ring (bicyclic) bond motifs is 1. The maximum Gasteiger partial charge on any atom is 0.390 e. The number of benzene rings is 1. The van der Waals surface area contributed by atoms with E-state index >= 15 is 0 Å². The van der Waals surface area contributed by atoms with Crippen LogP contribution in [0, 0.1) is 0 Å². The normalized spacial score (nSPS) is 23.2. The Labute approximate surface area is 234 Å². The van der Waals surface area contributed by atoms with Crippen LogP contribution in [0.5, 0.6) is 0 Å². The van der Waals surface area contributed by atoms with Crippen LogP contribution in [-0.4, -0.2) is 80.0 Å². The van der Waals surface area contributed by atoms with E-state index in [4.69, 9.17) is 0 Å². The molecule has 1 saturated carbocycles. The minimum absolute atomic E-state index is 0.170. The zero-order valence-corrected chi connectivity index (χ0v) is 23.7. The lowest BCUT2D eigenvalue weighted by Crippen LogP contribution is -2.53. The summed E-state index contributed by atoms with van der Waals surface area (Å²) in [5.41, 5.74) is 4.05. The van der Waals surface area contributed by atoms with Gasteiger partial charge in [-0.05, 0) is 57.6 Å². The zero-order valence-electron chi connectivity index (χ0n) is 23.7. The fraction of sp³-hybridized carbons (Fsp3) is 0.600. The standard InChI is InChI=1S/C30H41F3N6O/c1-20(2)38-15-14-37(17-21(38)3)18-22-4-6-23(7-5-22)27-19-39(24-8-10-25(40)11-9-24)28-26(27)16-35-29(36-28)34-13-12-30(31,32)33/h4-7,16,19-21,24-25,40H,8-15,17-18H2,1-3H3,(H,34,35,36)/t21-,24-,25-/m0/s1. The van der Waals surface area contributed by atoms with Crippen molar-refractivity contribution in [3.63, 3.8) is 0 Å². The molecule has 1 aromatic carbocycles. The number of piperazine rings is 1. The van der Waals surface area contributed by atoms with Gasteiger partial charge in [0.25, 0.3) is 0 Å². The Bertz CT molecular complexity index is 1270. The lowest BCUT2D eigenvalue weighted by Gasteiger charge is -2.42. The Morgan fingerprint density at radius 2 is 1.80 bits per heavy atom. The number of anilines is 1. The fourth-order valence-electron chi connectivity index (χ4n) is 6.28. The molecule has 40 heavy (non-hydrogen) atoms. The summed E-state index contributed by atoms with van der Waals surface area (Å²) >= 11 is 0. The summed E-state index contributed by atoms with van der Waals surface area (Å²) in [5, 5.41) is 13.6. The lowest BCUT2D eigenvalue weighted by atomic mass is 9.93. The van der Waals surface area contributed by atoms with E-state index in [1.165, 1.54) is 5.56 Å². The van der Waals surface area contributed by atoms with Crippen LogP contribution in [-0.2, 0) is 6.54 Å². The number of aromatic nitrogens is 3. The van der Waals surface area contributed by atoms with Crippen molar-refractivity contribution in [2.45, 2.75) is 89.8 Å². The Morgan fingerprint density at radius 1 is 1.07 bits per heavy atom. The molecule has 0 unspecified atom stereocenters. The second-order valence-corrected chi connectivity index (χ2v) is 11.7. The van der Waals surface area contributed by atoms with Gasteiger partial charge in [0.05, 0.1) is 12.5 Å². The van der Waals surface area contributed by atoms with Crippen LogP contribution < -0.4 is 5.32 Å². The molecule has 2 aliphatic rings. The average Bonchev–Trinajstić information content (AvgIpc) is 3.27. The molecule has 1 aliphatic heterocycles. The summed E-state index contributed by atoms with van der Waals surface area (Å²) in [7, 11) is 0. The number of aliphatic hydroxyl groups is 1. The molecule has 1 atom stereocenters. The molecule has 1 aliphatic carbocycles. The monoisotopic (exact) mass is 558 g/mol. The molecule has 0 bridgehead atoms. The van der Waals surface area contributed by atoms with Crippen molar-refractivity contribution in [3.8, 4) is 11.1 Å². The average molecular weight is 559 g/mol. The minimum atomic E-state index is -4.24. The van der Waals surface area contributed by atoms with Crippen LogP contribution in [0.3, 0.4) is 0 Å². The maximum atomic E-state index is 12.7. The van der Waals surface area contributed by atoms with E-state index in [2.05, 4.69) is 80.9 Å². The highest BCUT2D eigenvalue weighted by Gasteiger charge is 2.28. The number of nitrogens with one attached hydrogen (secondary N) is 1. The highest BCUT2D eigenvalue weighted by Crippen LogP contribution is 2.37. The Balaban J connectivity index is 1.37. The topological polar surface area (TPSA) is 69.5 Å². The third-order valence-electron chi connectivity index (χ3n) is 8.42. The van der Waals surface area contributed by atoms with Crippen LogP contribution in [0.4, 0.5) is 19.1 Å². The fourth-order valence-corrected chi connectivity index (χ4v) is 6.28. The second-order valence-electron chi connectivity index (χ2n) is 11.7. The van der Waals surface area contributed by atoms with Gasteiger partial charge in [0.1, 0.15) is 5.65 Å². The van der Waals surface area contributed by atoms with Gasteiger partial charge >= 0.3 is 6.18 Å². The number of nitrogens with zero attached hydrogens (tertiary/aromatic N) is 5. The Morgan fingerprint density at radius 3 is 2.45 bits per heavy atom. The van der Waals surface area contributed by atoms with E-state index in [0.29, 0.717) is 17.7 Å². The van der Waals surface area contributed by atoms with Crippen molar-refractivity contribution in [2.75, 3.05) is 31.5 Å². The SMILES string of the molecule is CC(C)N1CCN(Cc2ccc(-c3cn([C@H]4CC[C@H](O)CC4)c4nc(NCCC(F)(F)F)ncc34)cc2)C[C@@H]1C. The summed E-state index contributed by atoms with van der Waals surface area (Å²) in [6.07, 6.45) is 1.45. The zero-order chi connectivity index (χ0) is 28.4. The largest absolute Gasteiger partial charge is 0.393 e. The first-order chi connectivity index (χ1) is 19.1. The van der Waals surface area contributed by atoms with Crippen molar-refractivity contribution in [3.05, 3.63) is 42.2 Å². The summed E-state index contributed by atoms with van der Waals surface area (Å²) in [5.74, 6) is 0.195. The molecule has 2 aromatic heterocycles. The van der Waals surface area contributed by atoms with Gasteiger partial charge in [-0.15, -0.1) is 0 Å². The van der Waals surface area contributed by atoms with Gasteiger partial charge in [0.15, 0.2) is 0 Å². The first kappa shape index (κ1) is 28.8. The van der Waals surface area contributed by atoms with Crippen molar-refractivity contribution in [1.82, 2.24) is 24.3 Å². The predicted molar refractivity (Wildman–Crippen MR) is 152 cm³/mol. The van der Waals surface area contributed by atoms with E-state index in [-0.39, 0.29) is 24.6 Å². The summed E-state index contributed by atoms with van der Waals surface area (Å²) < 4.78 is 40.1.